The summed E-state index contributed by atoms with van der Waals surface area (Å²) in [4.78, 5) is 14.2. The van der Waals surface area contributed by atoms with Crippen LogP contribution in [0.4, 0.5) is 0 Å². The quantitative estimate of drug-likeness (QED) is 0.690. The number of nitrogens with two attached hydrogens (primary N) is 1. The SMILES string of the molecule is Cl.NCCC(=O)NCC1CCCCN1Cc1ccc(OCC2CC2)cc1. The van der Waals surface area contributed by atoms with E-state index in [0.29, 0.717) is 19.0 Å². The van der Waals surface area contributed by atoms with E-state index in [1.54, 1.807) is 0 Å². The first-order valence-electron chi connectivity index (χ1n) is 9.67. The number of nitrogens with zero attached hydrogens (tertiary/aromatic N) is 1. The lowest BCUT2D eigenvalue weighted by Crippen LogP contribution is -2.46. The molecule has 1 heterocycles. The number of rotatable bonds is 9. The van der Waals surface area contributed by atoms with Crippen molar-refractivity contribution in [3.05, 3.63) is 29.8 Å². The maximum absolute atomic E-state index is 11.7. The molecular weight excluding hydrogens is 350 g/mol. The molecule has 1 unspecified atom stereocenters. The first-order chi connectivity index (χ1) is 12.2. The molecule has 1 aliphatic carbocycles. The van der Waals surface area contributed by atoms with E-state index in [1.807, 2.05) is 0 Å². The topological polar surface area (TPSA) is 67.6 Å². The van der Waals surface area contributed by atoms with Crippen molar-refractivity contribution < 1.29 is 9.53 Å². The molecule has 3 N–H and O–H groups in total. The molecule has 146 valence electrons. The minimum Gasteiger partial charge on any atom is -0.493 e. The lowest BCUT2D eigenvalue weighted by molar-refractivity contribution is -0.121. The molecule has 0 aromatic heterocycles. The van der Waals surface area contributed by atoms with Gasteiger partial charge in [-0.15, -0.1) is 12.4 Å². The van der Waals surface area contributed by atoms with Crippen LogP contribution in [-0.4, -0.2) is 43.1 Å². The molecule has 1 amide bonds. The van der Waals surface area contributed by atoms with Crippen LogP contribution in [0.2, 0.25) is 0 Å². The minimum absolute atomic E-state index is 0. The normalized spacial score (nSPS) is 20.3. The van der Waals surface area contributed by atoms with Crippen molar-refractivity contribution in [2.24, 2.45) is 11.7 Å². The number of hydrogen-bond donors (Lipinski definition) is 2. The summed E-state index contributed by atoms with van der Waals surface area (Å²) in [5, 5.41) is 3.03. The molecule has 1 aromatic rings. The van der Waals surface area contributed by atoms with Gasteiger partial charge >= 0.3 is 0 Å². The van der Waals surface area contributed by atoms with Gasteiger partial charge in [-0.3, -0.25) is 9.69 Å². The van der Waals surface area contributed by atoms with Crippen LogP contribution in [0.1, 0.15) is 44.1 Å². The maximum atomic E-state index is 11.7. The molecule has 2 fully saturated rings. The second kappa shape index (κ2) is 10.8. The molecule has 3 rings (SSSR count). The maximum Gasteiger partial charge on any atom is 0.221 e. The highest BCUT2D eigenvalue weighted by atomic mass is 35.5. The third kappa shape index (κ3) is 6.78. The van der Waals surface area contributed by atoms with E-state index in [4.69, 9.17) is 10.5 Å². The summed E-state index contributed by atoms with van der Waals surface area (Å²) < 4.78 is 5.81. The van der Waals surface area contributed by atoms with Gasteiger partial charge in [0.05, 0.1) is 6.61 Å². The zero-order chi connectivity index (χ0) is 17.5. The summed E-state index contributed by atoms with van der Waals surface area (Å²) in [5.74, 6) is 1.81. The second-order valence-corrected chi connectivity index (χ2v) is 7.36. The molecule has 6 heteroatoms. The Hall–Kier alpha value is -1.30. The predicted molar refractivity (Wildman–Crippen MR) is 107 cm³/mol. The Morgan fingerprint density at radius 2 is 1.96 bits per heavy atom. The van der Waals surface area contributed by atoms with Crippen molar-refractivity contribution in [3.8, 4) is 5.75 Å². The highest BCUT2D eigenvalue weighted by molar-refractivity contribution is 5.85. The zero-order valence-corrected chi connectivity index (χ0v) is 16.3. The first-order valence-corrected chi connectivity index (χ1v) is 9.67. The summed E-state index contributed by atoms with van der Waals surface area (Å²) in [6.45, 7) is 4.02. The third-order valence-corrected chi connectivity index (χ3v) is 5.15. The summed E-state index contributed by atoms with van der Waals surface area (Å²) in [5.41, 5.74) is 6.74. The van der Waals surface area contributed by atoms with E-state index in [-0.39, 0.29) is 18.3 Å². The fourth-order valence-electron chi connectivity index (χ4n) is 3.37. The van der Waals surface area contributed by atoms with Gasteiger partial charge in [-0.05, 0) is 55.8 Å². The average molecular weight is 382 g/mol. The van der Waals surface area contributed by atoms with Gasteiger partial charge in [-0.1, -0.05) is 18.6 Å². The van der Waals surface area contributed by atoms with Crippen LogP contribution in [0, 0.1) is 5.92 Å². The third-order valence-electron chi connectivity index (χ3n) is 5.15. The number of hydrogen-bond acceptors (Lipinski definition) is 4. The second-order valence-electron chi connectivity index (χ2n) is 7.36. The Labute approximate surface area is 163 Å². The lowest BCUT2D eigenvalue weighted by atomic mass is 10.0. The smallest absolute Gasteiger partial charge is 0.221 e. The van der Waals surface area contributed by atoms with E-state index in [1.165, 1.54) is 31.2 Å². The Balaban J connectivity index is 0.00000243. The number of halogens is 1. The fraction of sp³-hybridized carbons (Fsp3) is 0.650. The van der Waals surface area contributed by atoms with E-state index in [0.717, 1.165) is 44.3 Å². The number of likely N-dealkylation sites (tertiary alicyclic amines) is 1. The number of benzene rings is 1. The van der Waals surface area contributed by atoms with Crippen molar-refractivity contribution in [2.75, 3.05) is 26.2 Å². The standard InChI is InChI=1S/C20H31N3O2.ClH/c21-11-10-20(24)22-13-18-3-1-2-12-23(18)14-16-6-8-19(9-7-16)25-15-17-4-5-17;/h6-9,17-18H,1-5,10-15,21H2,(H,22,24);1H. The van der Waals surface area contributed by atoms with Crippen molar-refractivity contribution in [1.82, 2.24) is 10.2 Å². The van der Waals surface area contributed by atoms with Crippen LogP contribution in [0.5, 0.6) is 5.75 Å². The molecule has 0 radical (unpaired) electrons. The van der Waals surface area contributed by atoms with Crippen molar-refractivity contribution in [3.63, 3.8) is 0 Å². The molecule has 1 saturated heterocycles. The Morgan fingerprint density at radius 3 is 2.65 bits per heavy atom. The van der Waals surface area contributed by atoms with Gasteiger partial charge in [-0.25, -0.2) is 0 Å². The average Bonchev–Trinajstić information content (AvgIpc) is 3.45. The minimum atomic E-state index is 0. The van der Waals surface area contributed by atoms with E-state index in [9.17, 15) is 4.79 Å². The summed E-state index contributed by atoms with van der Waals surface area (Å²) in [6, 6.07) is 8.92. The number of carbonyl (C=O) groups is 1. The van der Waals surface area contributed by atoms with Gasteiger partial charge in [0.15, 0.2) is 0 Å². The number of amides is 1. The summed E-state index contributed by atoms with van der Waals surface area (Å²) >= 11 is 0. The predicted octanol–water partition coefficient (Wildman–Crippen LogP) is 2.72. The molecule has 1 atom stereocenters. The summed E-state index contributed by atoms with van der Waals surface area (Å²) in [6.07, 6.45) is 6.66. The molecule has 2 aliphatic rings. The molecule has 0 spiro atoms. The van der Waals surface area contributed by atoms with Crippen LogP contribution in [0.25, 0.3) is 0 Å². The number of carbonyl (C=O) groups excluding carboxylic acids is 1. The first kappa shape index (κ1) is 21.0. The number of nitrogens with one attached hydrogen (secondary N) is 1. The van der Waals surface area contributed by atoms with Gasteiger partial charge in [-0.2, -0.15) is 0 Å². The van der Waals surface area contributed by atoms with Gasteiger partial charge in [0.2, 0.25) is 5.91 Å². The van der Waals surface area contributed by atoms with Crippen LogP contribution in [0.3, 0.4) is 0 Å². The Bertz CT molecular complexity index is 548. The van der Waals surface area contributed by atoms with E-state index in [2.05, 4.69) is 34.5 Å². The largest absolute Gasteiger partial charge is 0.493 e. The van der Waals surface area contributed by atoms with Crippen LogP contribution in [0.15, 0.2) is 24.3 Å². The molecule has 0 bridgehead atoms. The van der Waals surface area contributed by atoms with Gasteiger partial charge < -0.3 is 15.8 Å². The summed E-state index contributed by atoms with van der Waals surface area (Å²) in [7, 11) is 0. The Morgan fingerprint density at radius 1 is 1.19 bits per heavy atom. The van der Waals surface area contributed by atoms with E-state index < -0.39 is 0 Å². The van der Waals surface area contributed by atoms with Crippen molar-refractivity contribution in [2.45, 2.75) is 51.1 Å². The van der Waals surface area contributed by atoms with Crippen LogP contribution >= 0.6 is 12.4 Å². The number of piperidine rings is 1. The van der Waals surface area contributed by atoms with Gasteiger partial charge in [0.1, 0.15) is 5.75 Å². The van der Waals surface area contributed by atoms with Gasteiger partial charge in [0, 0.05) is 32.1 Å². The molecule has 26 heavy (non-hydrogen) atoms. The highest BCUT2D eigenvalue weighted by Crippen LogP contribution is 2.29. The molecule has 1 aromatic carbocycles. The Kier molecular flexibility index (Phi) is 8.69. The lowest BCUT2D eigenvalue weighted by Gasteiger charge is -2.36. The molecule has 1 saturated carbocycles. The zero-order valence-electron chi connectivity index (χ0n) is 15.5. The van der Waals surface area contributed by atoms with Gasteiger partial charge in [0.25, 0.3) is 0 Å². The van der Waals surface area contributed by atoms with Crippen LogP contribution < -0.4 is 15.8 Å². The highest BCUT2D eigenvalue weighted by Gasteiger charge is 2.23. The molecular formula is C20H32ClN3O2. The fourth-order valence-corrected chi connectivity index (χ4v) is 3.37. The van der Waals surface area contributed by atoms with Crippen molar-refractivity contribution >= 4 is 18.3 Å². The monoisotopic (exact) mass is 381 g/mol. The molecule has 1 aliphatic heterocycles. The van der Waals surface area contributed by atoms with Crippen LogP contribution in [-0.2, 0) is 11.3 Å². The van der Waals surface area contributed by atoms with E-state index >= 15 is 0 Å². The number of ether oxygens (including phenoxy) is 1. The van der Waals surface area contributed by atoms with Crippen molar-refractivity contribution in [1.29, 1.82) is 0 Å². The molecule has 5 nitrogen and oxygen atoms in total.